The van der Waals surface area contributed by atoms with Crippen molar-refractivity contribution in [2.45, 2.75) is 38.6 Å². The molecule has 1 saturated heterocycles. The number of benzene rings is 1. The van der Waals surface area contributed by atoms with Crippen molar-refractivity contribution >= 4 is 11.6 Å². The van der Waals surface area contributed by atoms with Crippen LogP contribution in [0.3, 0.4) is 0 Å². The number of nitrogens with one attached hydrogen (secondary N) is 2. The zero-order valence-electron chi connectivity index (χ0n) is 13.4. The van der Waals surface area contributed by atoms with Gasteiger partial charge in [-0.25, -0.2) is 0 Å². The Morgan fingerprint density at radius 2 is 1.90 bits per heavy atom. The molecule has 0 atom stereocenters. The SMILES string of the molecule is CC(C)c1ccc(NC(=O)CN(C)C2CCNCC2)cc1. The highest BCUT2D eigenvalue weighted by atomic mass is 16.2. The molecule has 4 heteroatoms. The van der Waals surface area contributed by atoms with E-state index in [0.717, 1.165) is 31.6 Å². The number of hydrogen-bond donors (Lipinski definition) is 2. The lowest BCUT2D eigenvalue weighted by molar-refractivity contribution is -0.117. The minimum absolute atomic E-state index is 0.0633. The minimum Gasteiger partial charge on any atom is -0.325 e. The Bertz CT molecular complexity index is 450. The highest BCUT2D eigenvalue weighted by Crippen LogP contribution is 2.17. The lowest BCUT2D eigenvalue weighted by Gasteiger charge is -2.31. The molecule has 1 aliphatic rings. The average Bonchev–Trinajstić information content (AvgIpc) is 2.48. The van der Waals surface area contributed by atoms with E-state index in [1.807, 2.05) is 19.2 Å². The number of rotatable bonds is 5. The summed E-state index contributed by atoms with van der Waals surface area (Å²) in [5, 5.41) is 6.33. The van der Waals surface area contributed by atoms with Crippen LogP contribution in [0.2, 0.25) is 0 Å². The largest absolute Gasteiger partial charge is 0.325 e. The molecule has 1 aliphatic heterocycles. The van der Waals surface area contributed by atoms with Gasteiger partial charge in [-0.05, 0) is 56.6 Å². The predicted octanol–water partition coefficient (Wildman–Crippen LogP) is 2.43. The summed E-state index contributed by atoms with van der Waals surface area (Å²) in [7, 11) is 2.04. The van der Waals surface area contributed by atoms with Crippen LogP contribution in [0.5, 0.6) is 0 Å². The van der Waals surface area contributed by atoms with Gasteiger partial charge in [0, 0.05) is 11.7 Å². The van der Waals surface area contributed by atoms with E-state index in [-0.39, 0.29) is 5.91 Å². The van der Waals surface area contributed by atoms with Gasteiger partial charge in [-0.15, -0.1) is 0 Å². The molecule has 0 bridgehead atoms. The monoisotopic (exact) mass is 289 g/mol. The number of amides is 1. The highest BCUT2D eigenvalue weighted by molar-refractivity contribution is 5.92. The summed E-state index contributed by atoms with van der Waals surface area (Å²) in [6.07, 6.45) is 2.24. The first-order chi connectivity index (χ1) is 10.1. The maximum atomic E-state index is 12.1. The molecule has 1 aromatic rings. The Morgan fingerprint density at radius 1 is 1.29 bits per heavy atom. The van der Waals surface area contributed by atoms with E-state index < -0.39 is 0 Å². The molecule has 1 amide bonds. The molecule has 0 aromatic heterocycles. The van der Waals surface area contributed by atoms with Crippen LogP contribution in [0.15, 0.2) is 24.3 Å². The predicted molar refractivity (Wildman–Crippen MR) is 87.7 cm³/mol. The summed E-state index contributed by atoms with van der Waals surface area (Å²) in [5.74, 6) is 0.578. The van der Waals surface area contributed by atoms with Crippen LogP contribution >= 0.6 is 0 Å². The van der Waals surface area contributed by atoms with Crippen molar-refractivity contribution in [3.63, 3.8) is 0 Å². The number of carbonyl (C=O) groups is 1. The third kappa shape index (κ3) is 4.83. The third-order valence-corrected chi connectivity index (χ3v) is 4.19. The summed E-state index contributed by atoms with van der Waals surface area (Å²) < 4.78 is 0. The van der Waals surface area contributed by atoms with Crippen molar-refractivity contribution in [3.8, 4) is 0 Å². The number of piperidine rings is 1. The Kier molecular flexibility index (Phi) is 5.76. The van der Waals surface area contributed by atoms with Gasteiger partial charge in [0.2, 0.25) is 5.91 Å². The third-order valence-electron chi connectivity index (χ3n) is 4.19. The van der Waals surface area contributed by atoms with Crippen LogP contribution in [0.1, 0.15) is 38.2 Å². The van der Waals surface area contributed by atoms with Crippen molar-refractivity contribution in [1.82, 2.24) is 10.2 Å². The zero-order chi connectivity index (χ0) is 15.2. The lowest BCUT2D eigenvalue weighted by Crippen LogP contribution is -2.44. The first-order valence-corrected chi connectivity index (χ1v) is 7.87. The van der Waals surface area contributed by atoms with E-state index in [4.69, 9.17) is 0 Å². The van der Waals surface area contributed by atoms with Crippen LogP contribution in [-0.2, 0) is 4.79 Å². The summed E-state index contributed by atoms with van der Waals surface area (Å²) in [5.41, 5.74) is 2.17. The Morgan fingerprint density at radius 3 is 2.48 bits per heavy atom. The van der Waals surface area contributed by atoms with E-state index in [2.05, 4.69) is 41.5 Å². The van der Waals surface area contributed by atoms with Crippen molar-refractivity contribution in [1.29, 1.82) is 0 Å². The van der Waals surface area contributed by atoms with Gasteiger partial charge in [-0.2, -0.15) is 0 Å². The topological polar surface area (TPSA) is 44.4 Å². The van der Waals surface area contributed by atoms with Crippen LogP contribution in [0.25, 0.3) is 0 Å². The van der Waals surface area contributed by atoms with Crippen LogP contribution in [0.4, 0.5) is 5.69 Å². The van der Waals surface area contributed by atoms with Gasteiger partial charge < -0.3 is 10.6 Å². The van der Waals surface area contributed by atoms with Gasteiger partial charge in [-0.1, -0.05) is 26.0 Å². The molecule has 1 fully saturated rings. The quantitative estimate of drug-likeness (QED) is 0.875. The molecular weight excluding hydrogens is 262 g/mol. The summed E-state index contributed by atoms with van der Waals surface area (Å²) in [6, 6.07) is 8.64. The fourth-order valence-electron chi connectivity index (χ4n) is 2.75. The summed E-state index contributed by atoms with van der Waals surface area (Å²) in [4.78, 5) is 14.3. The number of nitrogens with zero attached hydrogens (tertiary/aromatic N) is 1. The number of hydrogen-bond acceptors (Lipinski definition) is 3. The standard InChI is InChI=1S/C17H27N3O/c1-13(2)14-4-6-15(7-5-14)19-17(21)12-20(3)16-8-10-18-11-9-16/h4-7,13,16,18H,8-12H2,1-3H3,(H,19,21). The van der Waals surface area contributed by atoms with Crippen molar-refractivity contribution in [2.75, 3.05) is 32.0 Å². The number of anilines is 1. The summed E-state index contributed by atoms with van der Waals surface area (Å²) >= 11 is 0. The maximum Gasteiger partial charge on any atom is 0.238 e. The molecule has 1 heterocycles. The molecule has 2 rings (SSSR count). The number of likely N-dealkylation sites (N-methyl/N-ethyl adjacent to an activating group) is 1. The van der Waals surface area contributed by atoms with Crippen LogP contribution in [-0.4, -0.2) is 43.5 Å². The fourth-order valence-corrected chi connectivity index (χ4v) is 2.75. The maximum absolute atomic E-state index is 12.1. The van der Waals surface area contributed by atoms with Gasteiger partial charge in [-0.3, -0.25) is 9.69 Å². The normalized spacial score (nSPS) is 16.4. The zero-order valence-corrected chi connectivity index (χ0v) is 13.4. The van der Waals surface area contributed by atoms with Gasteiger partial charge in [0.1, 0.15) is 0 Å². The molecule has 0 saturated carbocycles. The molecule has 2 N–H and O–H groups in total. The van der Waals surface area contributed by atoms with E-state index in [9.17, 15) is 4.79 Å². The second-order valence-corrected chi connectivity index (χ2v) is 6.22. The summed E-state index contributed by atoms with van der Waals surface area (Å²) in [6.45, 7) is 6.89. The molecule has 116 valence electrons. The van der Waals surface area contributed by atoms with E-state index in [1.165, 1.54) is 5.56 Å². The smallest absolute Gasteiger partial charge is 0.238 e. The Labute approximate surface area is 127 Å². The molecule has 0 radical (unpaired) electrons. The molecular formula is C17H27N3O. The van der Waals surface area contributed by atoms with Crippen molar-refractivity contribution in [3.05, 3.63) is 29.8 Å². The molecule has 4 nitrogen and oxygen atoms in total. The Hall–Kier alpha value is -1.39. The molecule has 21 heavy (non-hydrogen) atoms. The first kappa shape index (κ1) is 16.0. The van der Waals surface area contributed by atoms with Gasteiger partial charge in [0.25, 0.3) is 0 Å². The first-order valence-electron chi connectivity index (χ1n) is 7.87. The van der Waals surface area contributed by atoms with Crippen LogP contribution < -0.4 is 10.6 Å². The van der Waals surface area contributed by atoms with E-state index >= 15 is 0 Å². The lowest BCUT2D eigenvalue weighted by atomic mass is 10.0. The molecule has 0 spiro atoms. The van der Waals surface area contributed by atoms with Gasteiger partial charge in [0.05, 0.1) is 6.54 Å². The molecule has 0 aliphatic carbocycles. The second-order valence-electron chi connectivity index (χ2n) is 6.22. The minimum atomic E-state index is 0.0633. The number of carbonyl (C=O) groups excluding carboxylic acids is 1. The van der Waals surface area contributed by atoms with E-state index in [1.54, 1.807) is 0 Å². The fraction of sp³-hybridized carbons (Fsp3) is 0.588. The molecule has 1 aromatic carbocycles. The Balaban J connectivity index is 1.83. The van der Waals surface area contributed by atoms with E-state index in [0.29, 0.717) is 18.5 Å². The van der Waals surface area contributed by atoms with Crippen LogP contribution in [0, 0.1) is 0 Å². The van der Waals surface area contributed by atoms with Crippen molar-refractivity contribution in [2.24, 2.45) is 0 Å². The van der Waals surface area contributed by atoms with Gasteiger partial charge in [0.15, 0.2) is 0 Å². The average molecular weight is 289 g/mol. The van der Waals surface area contributed by atoms with Gasteiger partial charge >= 0.3 is 0 Å². The highest BCUT2D eigenvalue weighted by Gasteiger charge is 2.19. The second kappa shape index (κ2) is 7.57. The van der Waals surface area contributed by atoms with Crippen molar-refractivity contribution < 1.29 is 4.79 Å². The molecule has 0 unspecified atom stereocenters.